The molecule has 1 atom stereocenters. The number of carbonyl (C=O) groups excluding carboxylic acids is 1. The van der Waals surface area contributed by atoms with E-state index in [1.807, 2.05) is 24.3 Å². The summed E-state index contributed by atoms with van der Waals surface area (Å²) >= 11 is 0. The quantitative estimate of drug-likeness (QED) is 0.861. The van der Waals surface area contributed by atoms with Crippen molar-refractivity contribution in [3.8, 4) is 5.75 Å². The second-order valence-electron chi connectivity index (χ2n) is 6.26. The number of aromatic nitrogens is 1. The maximum absolute atomic E-state index is 12.5. The summed E-state index contributed by atoms with van der Waals surface area (Å²) in [4.78, 5) is 18.3. The van der Waals surface area contributed by atoms with Crippen LogP contribution >= 0.6 is 0 Å². The molecule has 2 heterocycles. The molecule has 2 aromatic rings. The van der Waals surface area contributed by atoms with Crippen LogP contribution in [0.3, 0.4) is 0 Å². The van der Waals surface area contributed by atoms with Crippen LogP contribution in [0.5, 0.6) is 5.75 Å². The van der Waals surface area contributed by atoms with Gasteiger partial charge in [-0.3, -0.25) is 4.79 Å². The third-order valence-corrected chi connectivity index (χ3v) is 6.18. The molecule has 7 nitrogen and oxygen atoms in total. The van der Waals surface area contributed by atoms with Gasteiger partial charge in [-0.25, -0.2) is 13.4 Å². The van der Waals surface area contributed by atoms with Crippen molar-refractivity contribution in [2.45, 2.75) is 12.5 Å². The van der Waals surface area contributed by atoms with E-state index in [1.165, 1.54) is 11.1 Å². The molecule has 138 valence electrons. The lowest BCUT2D eigenvalue weighted by atomic mass is 10.2. The molecule has 1 unspecified atom stereocenters. The molecular weight excluding hydrogens is 354 g/mol. The average molecular weight is 375 g/mol. The van der Waals surface area contributed by atoms with Crippen LogP contribution in [0.1, 0.15) is 16.8 Å². The Morgan fingerprint density at radius 1 is 1.31 bits per heavy atom. The molecule has 1 aliphatic rings. The van der Waals surface area contributed by atoms with Crippen molar-refractivity contribution in [1.82, 2.24) is 9.88 Å². The number of ether oxygens (including phenoxy) is 1. The molecule has 1 N–H and O–H groups in total. The molecule has 0 spiro atoms. The van der Waals surface area contributed by atoms with E-state index in [9.17, 15) is 13.2 Å². The molecule has 1 aromatic heterocycles. The van der Waals surface area contributed by atoms with Gasteiger partial charge >= 0.3 is 0 Å². The summed E-state index contributed by atoms with van der Waals surface area (Å²) in [5, 5.41) is 3.14. The normalized spacial score (nSPS) is 18.3. The Morgan fingerprint density at radius 2 is 2.12 bits per heavy atom. The van der Waals surface area contributed by atoms with Gasteiger partial charge in [0.05, 0.1) is 24.2 Å². The molecule has 0 radical (unpaired) electrons. The molecule has 0 aliphatic carbocycles. The van der Waals surface area contributed by atoms with Crippen molar-refractivity contribution in [2.75, 3.05) is 31.0 Å². The van der Waals surface area contributed by atoms with Crippen molar-refractivity contribution in [3.05, 3.63) is 48.2 Å². The first-order valence-corrected chi connectivity index (χ1v) is 10.0. The Hall–Kier alpha value is -2.61. The molecule has 0 bridgehead atoms. The number of methoxy groups -OCH3 is 1. The number of hydrogen-bond acceptors (Lipinski definition) is 6. The maximum atomic E-state index is 12.5. The number of nitrogens with one attached hydrogen (secondary N) is 1. The van der Waals surface area contributed by atoms with Gasteiger partial charge in [-0.05, 0) is 30.7 Å². The first-order chi connectivity index (χ1) is 12.4. The van der Waals surface area contributed by atoms with Gasteiger partial charge < -0.3 is 15.0 Å². The van der Waals surface area contributed by atoms with Gasteiger partial charge in [-0.2, -0.15) is 0 Å². The lowest BCUT2D eigenvalue weighted by molar-refractivity contribution is 0.0747. The van der Waals surface area contributed by atoms with Gasteiger partial charge in [0.1, 0.15) is 11.6 Å². The number of amides is 1. The van der Waals surface area contributed by atoms with Crippen LogP contribution in [0.4, 0.5) is 11.5 Å². The lowest BCUT2D eigenvalue weighted by Gasteiger charge is -2.23. The maximum Gasteiger partial charge on any atom is 0.255 e. The van der Waals surface area contributed by atoms with Crippen molar-refractivity contribution >= 4 is 27.2 Å². The summed E-state index contributed by atoms with van der Waals surface area (Å²) in [5.74, 6) is 1.26. The monoisotopic (exact) mass is 375 g/mol. The Balaban J connectivity index is 1.67. The molecule has 1 saturated heterocycles. The van der Waals surface area contributed by atoms with E-state index >= 15 is 0 Å². The van der Waals surface area contributed by atoms with Crippen LogP contribution in [-0.2, 0) is 9.84 Å². The minimum absolute atomic E-state index is 0.0259. The predicted molar refractivity (Wildman–Crippen MR) is 99.7 cm³/mol. The third-order valence-electron chi connectivity index (χ3n) is 4.43. The SMILES string of the molecule is COc1cccc(Nc2ccc(C(=O)N(C)C3CCS(=O)(=O)C3)cn2)c1. The average Bonchev–Trinajstić information content (AvgIpc) is 3.01. The molecular formula is C18H21N3O4S. The molecule has 3 rings (SSSR count). The van der Waals surface area contributed by atoms with Gasteiger partial charge in [0.2, 0.25) is 0 Å². The van der Waals surface area contributed by atoms with Crippen molar-refractivity contribution in [2.24, 2.45) is 0 Å². The smallest absolute Gasteiger partial charge is 0.255 e. The van der Waals surface area contributed by atoms with E-state index < -0.39 is 9.84 Å². The number of rotatable bonds is 5. The number of carbonyl (C=O) groups is 1. The topological polar surface area (TPSA) is 88.6 Å². The van der Waals surface area contributed by atoms with Gasteiger partial charge in [0.15, 0.2) is 9.84 Å². The summed E-state index contributed by atoms with van der Waals surface area (Å²) in [6.07, 6.45) is 1.97. The Bertz CT molecular complexity index is 897. The molecule has 1 fully saturated rings. The van der Waals surface area contributed by atoms with Crippen molar-refractivity contribution in [1.29, 1.82) is 0 Å². The minimum Gasteiger partial charge on any atom is -0.497 e. The molecule has 26 heavy (non-hydrogen) atoms. The van der Waals surface area contributed by atoms with Crippen LogP contribution in [0.2, 0.25) is 0 Å². The lowest BCUT2D eigenvalue weighted by Crippen LogP contribution is -2.37. The van der Waals surface area contributed by atoms with E-state index in [0.717, 1.165) is 11.4 Å². The van der Waals surface area contributed by atoms with Crippen LogP contribution < -0.4 is 10.1 Å². The van der Waals surface area contributed by atoms with E-state index in [4.69, 9.17) is 4.74 Å². The summed E-state index contributed by atoms with van der Waals surface area (Å²) in [5.41, 5.74) is 1.25. The summed E-state index contributed by atoms with van der Waals surface area (Å²) in [6, 6.07) is 10.6. The predicted octanol–water partition coefficient (Wildman–Crippen LogP) is 2.09. The third kappa shape index (κ3) is 4.13. The number of benzene rings is 1. The molecule has 8 heteroatoms. The first kappa shape index (κ1) is 18.2. The van der Waals surface area contributed by atoms with Gasteiger partial charge in [-0.1, -0.05) is 6.07 Å². The zero-order chi connectivity index (χ0) is 18.7. The van der Waals surface area contributed by atoms with E-state index in [-0.39, 0.29) is 23.5 Å². The van der Waals surface area contributed by atoms with Crippen LogP contribution in [-0.4, -0.2) is 55.9 Å². The molecule has 1 aromatic carbocycles. The van der Waals surface area contributed by atoms with E-state index in [0.29, 0.717) is 17.8 Å². The minimum atomic E-state index is -3.03. The molecule has 1 amide bonds. The molecule has 1 aliphatic heterocycles. The molecule has 0 saturated carbocycles. The van der Waals surface area contributed by atoms with Crippen LogP contribution in [0.15, 0.2) is 42.6 Å². The zero-order valence-electron chi connectivity index (χ0n) is 14.7. The fourth-order valence-corrected chi connectivity index (χ4v) is 4.67. The highest BCUT2D eigenvalue weighted by molar-refractivity contribution is 7.91. The van der Waals surface area contributed by atoms with Crippen molar-refractivity contribution in [3.63, 3.8) is 0 Å². The van der Waals surface area contributed by atoms with Gasteiger partial charge in [-0.15, -0.1) is 0 Å². The second-order valence-corrected chi connectivity index (χ2v) is 8.49. The van der Waals surface area contributed by atoms with Crippen LogP contribution in [0, 0.1) is 0 Å². The number of sulfone groups is 1. The highest BCUT2D eigenvalue weighted by Gasteiger charge is 2.33. The number of hydrogen-bond donors (Lipinski definition) is 1. The Morgan fingerprint density at radius 3 is 2.73 bits per heavy atom. The van der Waals surface area contributed by atoms with Crippen molar-refractivity contribution < 1.29 is 17.9 Å². The van der Waals surface area contributed by atoms with Crippen LogP contribution in [0.25, 0.3) is 0 Å². The number of anilines is 2. The summed E-state index contributed by atoms with van der Waals surface area (Å²) < 4.78 is 28.4. The highest BCUT2D eigenvalue weighted by Crippen LogP contribution is 2.21. The highest BCUT2D eigenvalue weighted by atomic mass is 32.2. The van der Waals surface area contributed by atoms with E-state index in [1.54, 1.807) is 26.3 Å². The standard InChI is InChI=1S/C18H21N3O4S/c1-21(15-8-9-26(23,24)12-15)18(22)13-6-7-17(19-11-13)20-14-4-3-5-16(10-14)25-2/h3-7,10-11,15H,8-9,12H2,1-2H3,(H,19,20). The number of pyridine rings is 1. The fourth-order valence-electron chi connectivity index (χ4n) is 2.89. The fraction of sp³-hybridized carbons (Fsp3) is 0.333. The Labute approximate surface area is 152 Å². The van der Waals surface area contributed by atoms with E-state index in [2.05, 4.69) is 10.3 Å². The largest absolute Gasteiger partial charge is 0.497 e. The Kier molecular flexibility index (Phi) is 5.13. The second kappa shape index (κ2) is 7.33. The summed E-state index contributed by atoms with van der Waals surface area (Å²) in [7, 11) is 0.203. The zero-order valence-corrected chi connectivity index (χ0v) is 15.5. The first-order valence-electron chi connectivity index (χ1n) is 8.23. The van der Waals surface area contributed by atoms with Gasteiger partial charge in [0.25, 0.3) is 5.91 Å². The van der Waals surface area contributed by atoms with Gasteiger partial charge in [0, 0.05) is 31.0 Å². The summed E-state index contributed by atoms with van der Waals surface area (Å²) in [6.45, 7) is 0. The number of nitrogens with zero attached hydrogens (tertiary/aromatic N) is 2.